The van der Waals surface area contributed by atoms with Crippen LogP contribution in [0, 0.1) is 20.8 Å². The first kappa shape index (κ1) is 33.2. The van der Waals surface area contributed by atoms with Crippen molar-refractivity contribution in [2.24, 2.45) is 0 Å². The minimum absolute atomic E-state index is 0.163. The first-order valence-corrected chi connectivity index (χ1v) is 17.7. The second-order valence-electron chi connectivity index (χ2n) is 14.2. The van der Waals surface area contributed by atoms with Crippen molar-refractivity contribution in [3.8, 4) is 39.9 Å². The topological polar surface area (TPSA) is 54.1 Å². The van der Waals surface area contributed by atoms with Crippen molar-refractivity contribution in [1.29, 1.82) is 0 Å². The second kappa shape index (κ2) is 13.2. The summed E-state index contributed by atoms with van der Waals surface area (Å²) in [5.74, 6) is 3.08. The van der Waals surface area contributed by atoms with Gasteiger partial charge in [0.15, 0.2) is 0 Å². The van der Waals surface area contributed by atoms with Gasteiger partial charge in [-0.3, -0.25) is 4.57 Å². The Labute approximate surface area is 295 Å². The van der Waals surface area contributed by atoms with Crippen LogP contribution in [0.25, 0.3) is 44.4 Å². The molecule has 0 bridgehead atoms. The summed E-state index contributed by atoms with van der Waals surface area (Å²) in [6, 6.07) is 31.5. The Hall–Kier alpha value is -5.36. The van der Waals surface area contributed by atoms with E-state index >= 15 is 0 Å². The summed E-state index contributed by atoms with van der Waals surface area (Å²) < 4.78 is 16.8. The first-order valence-electron chi connectivity index (χ1n) is 17.7. The van der Waals surface area contributed by atoms with E-state index in [2.05, 4.69) is 124 Å². The van der Waals surface area contributed by atoms with Gasteiger partial charge in [0.1, 0.15) is 23.1 Å². The third kappa shape index (κ3) is 6.04. The number of hydrogen-bond acceptors (Lipinski definition) is 4. The molecule has 6 nitrogen and oxygen atoms in total. The van der Waals surface area contributed by atoms with Crippen molar-refractivity contribution >= 4 is 21.8 Å². The number of fused-ring (bicyclic) bond motifs is 3. The predicted octanol–water partition coefficient (Wildman–Crippen LogP) is 11.4. The molecule has 0 aliphatic carbocycles. The minimum atomic E-state index is -0.163. The summed E-state index contributed by atoms with van der Waals surface area (Å²) in [5.41, 5.74) is 11.7. The molecule has 7 aromatic rings. The Bertz CT molecular complexity index is 2330. The summed E-state index contributed by atoms with van der Waals surface area (Å²) in [7, 11) is 0. The molecule has 0 radical (unpaired) electrons. The van der Waals surface area contributed by atoms with Crippen LogP contribution in [0.15, 0.2) is 97.2 Å². The van der Waals surface area contributed by atoms with E-state index in [1.54, 1.807) is 6.20 Å². The maximum atomic E-state index is 6.64. The zero-order valence-electron chi connectivity index (χ0n) is 30.5. The average molecular weight is 663 g/mol. The molecule has 0 unspecified atom stereocenters. The number of aryl methyl sites for hydroxylation is 3. The highest BCUT2D eigenvalue weighted by Gasteiger charge is 2.29. The Balaban J connectivity index is 1.33. The molecular weight excluding hydrogens is 617 g/mol. The highest BCUT2D eigenvalue weighted by molar-refractivity contribution is 6.09. The molecule has 0 atom stereocenters. The molecular formula is C44H46N4O2. The highest BCUT2D eigenvalue weighted by atomic mass is 16.5. The molecule has 3 heterocycles. The van der Waals surface area contributed by atoms with Crippen LogP contribution in [0.3, 0.4) is 0 Å². The molecule has 254 valence electrons. The number of rotatable bonds is 9. The summed E-state index contributed by atoms with van der Waals surface area (Å²) >= 11 is 0. The third-order valence-corrected chi connectivity index (χ3v) is 9.57. The van der Waals surface area contributed by atoms with Crippen molar-refractivity contribution in [3.63, 3.8) is 0 Å². The van der Waals surface area contributed by atoms with Crippen molar-refractivity contribution in [3.05, 3.63) is 125 Å². The van der Waals surface area contributed by atoms with Crippen molar-refractivity contribution < 1.29 is 9.47 Å². The number of para-hydroxylation sites is 1. The van der Waals surface area contributed by atoms with Gasteiger partial charge in [0.25, 0.3) is 0 Å². The van der Waals surface area contributed by atoms with E-state index in [1.807, 2.05) is 31.2 Å². The number of aromatic nitrogens is 4. The lowest BCUT2D eigenvalue weighted by atomic mass is 9.84. The number of nitrogens with zero attached hydrogens (tertiary/aromatic N) is 4. The van der Waals surface area contributed by atoms with E-state index in [0.29, 0.717) is 6.61 Å². The summed E-state index contributed by atoms with van der Waals surface area (Å²) in [4.78, 5) is 4.74. The number of pyridine rings is 1. The lowest BCUT2D eigenvalue weighted by Gasteiger charge is -2.24. The number of hydrogen-bond donors (Lipinski definition) is 0. The molecule has 50 heavy (non-hydrogen) atoms. The zero-order chi connectivity index (χ0) is 35.2. The predicted molar refractivity (Wildman–Crippen MR) is 206 cm³/mol. The lowest BCUT2D eigenvalue weighted by Crippen LogP contribution is -2.18. The summed E-state index contributed by atoms with van der Waals surface area (Å²) in [5, 5.41) is 7.61. The van der Waals surface area contributed by atoms with Gasteiger partial charge in [-0.1, -0.05) is 70.5 Å². The van der Waals surface area contributed by atoms with E-state index in [-0.39, 0.29) is 5.41 Å². The van der Waals surface area contributed by atoms with Gasteiger partial charge in [0.05, 0.1) is 34.7 Å². The Morgan fingerprint density at radius 2 is 1.46 bits per heavy atom. The molecule has 0 aliphatic rings. The molecule has 0 N–H and O–H groups in total. The number of ether oxygens (including phenoxy) is 2. The van der Waals surface area contributed by atoms with Gasteiger partial charge in [-0.15, -0.1) is 0 Å². The summed E-state index contributed by atoms with van der Waals surface area (Å²) in [6.45, 7) is 18.3. The van der Waals surface area contributed by atoms with Gasteiger partial charge in [-0.2, -0.15) is 5.10 Å². The molecule has 0 spiro atoms. The smallest absolute Gasteiger partial charge is 0.141 e. The van der Waals surface area contributed by atoms with Crippen molar-refractivity contribution in [1.82, 2.24) is 19.3 Å². The normalized spacial score (nSPS) is 11.8. The Kier molecular flexibility index (Phi) is 8.73. The Morgan fingerprint density at radius 1 is 0.720 bits per heavy atom. The van der Waals surface area contributed by atoms with Gasteiger partial charge in [0.2, 0.25) is 0 Å². The molecule has 0 fully saturated rings. The molecule has 4 aromatic carbocycles. The average Bonchev–Trinajstić information content (AvgIpc) is 3.64. The molecule has 7 rings (SSSR count). The lowest BCUT2D eigenvalue weighted by molar-refractivity contribution is 0.340. The standard InChI is InChI=1S/C44H46N4O2/c1-9-14-38-42(31-23-28(3)30(5)29(4)24-31)43(44(6,7)8)48(46-38)32-15-13-16-34(25-32)50-35-19-20-37-36-17-11-12-18-39(36)47(40(37)26-35)41-27-33(49-10-2)21-22-45-41/h11-13,15-27H,9-10,14H2,1-8H3. The van der Waals surface area contributed by atoms with Crippen LogP contribution in [0.5, 0.6) is 17.2 Å². The fraction of sp³-hybridized carbons (Fsp3) is 0.273. The van der Waals surface area contributed by atoms with Crippen LogP contribution in [-0.4, -0.2) is 25.9 Å². The van der Waals surface area contributed by atoms with E-state index < -0.39 is 0 Å². The highest BCUT2D eigenvalue weighted by Crippen LogP contribution is 2.40. The quantitative estimate of drug-likeness (QED) is 0.154. The third-order valence-electron chi connectivity index (χ3n) is 9.57. The van der Waals surface area contributed by atoms with Gasteiger partial charge in [0, 0.05) is 46.1 Å². The monoisotopic (exact) mass is 662 g/mol. The molecule has 3 aromatic heterocycles. The summed E-state index contributed by atoms with van der Waals surface area (Å²) in [6.07, 6.45) is 3.72. The molecule has 6 heteroatoms. The fourth-order valence-corrected chi connectivity index (χ4v) is 7.09. The fourth-order valence-electron chi connectivity index (χ4n) is 7.09. The van der Waals surface area contributed by atoms with E-state index in [1.165, 1.54) is 33.5 Å². The van der Waals surface area contributed by atoms with E-state index in [4.69, 9.17) is 19.6 Å². The van der Waals surface area contributed by atoms with Gasteiger partial charge < -0.3 is 9.47 Å². The van der Waals surface area contributed by atoms with Gasteiger partial charge in [-0.05, 0) is 92.8 Å². The van der Waals surface area contributed by atoms with Gasteiger partial charge >= 0.3 is 0 Å². The molecule has 0 amide bonds. The van der Waals surface area contributed by atoms with Crippen LogP contribution < -0.4 is 9.47 Å². The van der Waals surface area contributed by atoms with Crippen LogP contribution in [-0.2, 0) is 11.8 Å². The Morgan fingerprint density at radius 3 is 2.20 bits per heavy atom. The second-order valence-corrected chi connectivity index (χ2v) is 14.2. The number of benzene rings is 4. The van der Waals surface area contributed by atoms with E-state index in [0.717, 1.165) is 69.1 Å². The molecule has 0 aliphatic heterocycles. The van der Waals surface area contributed by atoms with Crippen LogP contribution >= 0.6 is 0 Å². The van der Waals surface area contributed by atoms with Crippen molar-refractivity contribution in [2.75, 3.05) is 6.61 Å². The van der Waals surface area contributed by atoms with Crippen molar-refractivity contribution in [2.45, 2.75) is 73.6 Å². The van der Waals surface area contributed by atoms with Gasteiger partial charge in [-0.25, -0.2) is 9.67 Å². The molecule has 0 saturated heterocycles. The zero-order valence-corrected chi connectivity index (χ0v) is 30.5. The largest absolute Gasteiger partial charge is 0.494 e. The van der Waals surface area contributed by atoms with Crippen LogP contribution in [0.1, 0.15) is 69.1 Å². The first-order chi connectivity index (χ1) is 24.1. The maximum Gasteiger partial charge on any atom is 0.141 e. The van der Waals surface area contributed by atoms with E-state index in [9.17, 15) is 0 Å². The van der Waals surface area contributed by atoms with Crippen LogP contribution in [0.4, 0.5) is 0 Å². The minimum Gasteiger partial charge on any atom is -0.494 e. The molecule has 0 saturated carbocycles. The maximum absolute atomic E-state index is 6.64. The SMILES string of the molecule is CCCc1nn(-c2cccc(Oc3ccc4c5ccccc5n(-c5cc(OCC)ccn5)c4c3)c2)c(C(C)(C)C)c1-c1cc(C)c(C)c(C)c1. The van der Waals surface area contributed by atoms with Crippen LogP contribution in [0.2, 0.25) is 0 Å².